The van der Waals surface area contributed by atoms with Crippen molar-refractivity contribution < 1.29 is 14.6 Å². The lowest BCUT2D eigenvalue weighted by atomic mass is 10.2. The lowest BCUT2D eigenvalue weighted by Gasteiger charge is -2.29. The fraction of sp³-hybridized carbons (Fsp3) is 0.545. The van der Waals surface area contributed by atoms with Crippen molar-refractivity contribution in [3.63, 3.8) is 0 Å². The molecule has 0 aromatic carbocycles. The van der Waals surface area contributed by atoms with Crippen LogP contribution in [0.15, 0.2) is 6.07 Å². The zero-order chi connectivity index (χ0) is 12.4. The number of aryl methyl sites for hydroxylation is 1. The Morgan fingerprint density at radius 1 is 1.59 bits per heavy atom. The van der Waals surface area contributed by atoms with E-state index in [0.29, 0.717) is 24.7 Å². The number of morpholine rings is 1. The second-order valence-corrected chi connectivity index (χ2v) is 4.18. The van der Waals surface area contributed by atoms with Gasteiger partial charge in [0.25, 0.3) is 0 Å². The van der Waals surface area contributed by atoms with Gasteiger partial charge in [-0.1, -0.05) is 0 Å². The van der Waals surface area contributed by atoms with Crippen molar-refractivity contribution >= 4 is 5.97 Å². The summed E-state index contributed by atoms with van der Waals surface area (Å²) in [6.45, 7) is 3.92. The first kappa shape index (κ1) is 11.9. The van der Waals surface area contributed by atoms with Crippen LogP contribution in [-0.2, 0) is 4.74 Å². The van der Waals surface area contributed by atoms with Crippen molar-refractivity contribution in [2.75, 3.05) is 26.7 Å². The van der Waals surface area contributed by atoms with Gasteiger partial charge in [0.2, 0.25) is 0 Å². The topological polar surface area (TPSA) is 75.5 Å². The van der Waals surface area contributed by atoms with E-state index in [2.05, 4.69) is 14.9 Å². The first-order valence-corrected chi connectivity index (χ1v) is 5.45. The van der Waals surface area contributed by atoms with Gasteiger partial charge in [0, 0.05) is 18.8 Å². The summed E-state index contributed by atoms with van der Waals surface area (Å²) in [6.07, 6.45) is -0.244. The van der Waals surface area contributed by atoms with E-state index in [4.69, 9.17) is 9.84 Å². The van der Waals surface area contributed by atoms with E-state index in [-0.39, 0.29) is 11.8 Å². The fourth-order valence-corrected chi connectivity index (χ4v) is 1.78. The first-order chi connectivity index (χ1) is 8.06. The highest BCUT2D eigenvalue weighted by Crippen LogP contribution is 2.18. The number of ether oxygens (including phenoxy) is 1. The molecule has 1 aromatic rings. The average Bonchev–Trinajstić information content (AvgIpc) is 2.28. The standard InChI is InChI=1S/C11H15N3O3/c1-7-5-8(11(15)16)13-10(12-7)9-6-14(2)3-4-17-9/h5,9H,3-4,6H2,1-2H3,(H,15,16). The average molecular weight is 237 g/mol. The van der Waals surface area contributed by atoms with Crippen LogP contribution in [0, 0.1) is 6.92 Å². The van der Waals surface area contributed by atoms with Gasteiger partial charge in [-0.15, -0.1) is 0 Å². The number of hydrogen-bond donors (Lipinski definition) is 1. The molecule has 1 saturated heterocycles. The number of carboxylic acids is 1. The molecule has 17 heavy (non-hydrogen) atoms. The molecule has 1 aliphatic rings. The maximum absolute atomic E-state index is 10.9. The summed E-state index contributed by atoms with van der Waals surface area (Å²) in [5.41, 5.74) is 0.661. The largest absolute Gasteiger partial charge is 0.477 e. The van der Waals surface area contributed by atoms with E-state index >= 15 is 0 Å². The zero-order valence-corrected chi connectivity index (χ0v) is 9.88. The second-order valence-electron chi connectivity index (χ2n) is 4.18. The number of aromatic nitrogens is 2. The summed E-state index contributed by atoms with van der Waals surface area (Å²) in [4.78, 5) is 21.3. The Bertz CT molecular complexity index is 436. The maximum Gasteiger partial charge on any atom is 0.354 e. The van der Waals surface area contributed by atoms with Gasteiger partial charge in [0.15, 0.2) is 11.5 Å². The minimum absolute atomic E-state index is 0.0179. The fourth-order valence-electron chi connectivity index (χ4n) is 1.78. The Morgan fingerprint density at radius 2 is 2.35 bits per heavy atom. The number of rotatable bonds is 2. The Balaban J connectivity index is 2.28. The Hall–Kier alpha value is -1.53. The van der Waals surface area contributed by atoms with Gasteiger partial charge >= 0.3 is 5.97 Å². The number of nitrogens with zero attached hydrogens (tertiary/aromatic N) is 3. The van der Waals surface area contributed by atoms with Crippen LogP contribution >= 0.6 is 0 Å². The molecule has 0 amide bonds. The zero-order valence-electron chi connectivity index (χ0n) is 9.88. The summed E-state index contributed by atoms with van der Waals surface area (Å²) in [5, 5.41) is 8.94. The molecule has 1 atom stereocenters. The molecule has 1 unspecified atom stereocenters. The summed E-state index contributed by atoms with van der Waals surface area (Å²) in [6, 6.07) is 1.46. The molecule has 2 heterocycles. The summed E-state index contributed by atoms with van der Waals surface area (Å²) >= 11 is 0. The number of carbonyl (C=O) groups is 1. The lowest BCUT2D eigenvalue weighted by Crippen LogP contribution is -2.36. The molecule has 0 bridgehead atoms. The van der Waals surface area contributed by atoms with E-state index in [1.54, 1.807) is 6.92 Å². The van der Waals surface area contributed by atoms with Crippen molar-refractivity contribution in [2.45, 2.75) is 13.0 Å². The van der Waals surface area contributed by atoms with Crippen molar-refractivity contribution in [3.8, 4) is 0 Å². The highest BCUT2D eigenvalue weighted by atomic mass is 16.5. The third-order valence-corrected chi connectivity index (χ3v) is 2.65. The molecule has 6 heteroatoms. The normalized spacial score (nSPS) is 21.4. The van der Waals surface area contributed by atoms with Gasteiger partial charge in [-0.05, 0) is 20.0 Å². The second kappa shape index (κ2) is 4.77. The molecule has 1 fully saturated rings. The SMILES string of the molecule is Cc1cc(C(=O)O)nc(C2CN(C)CCO2)n1. The van der Waals surface area contributed by atoms with Crippen molar-refractivity contribution in [1.29, 1.82) is 0 Å². The molecular formula is C11H15N3O3. The Labute approximate surface area is 99.2 Å². The number of carboxylic acid groups (broad SMARTS) is 1. The van der Waals surface area contributed by atoms with Crippen LogP contribution in [0.1, 0.15) is 28.1 Å². The highest BCUT2D eigenvalue weighted by molar-refractivity contribution is 5.85. The van der Waals surface area contributed by atoms with Crippen molar-refractivity contribution in [2.24, 2.45) is 0 Å². The lowest BCUT2D eigenvalue weighted by molar-refractivity contribution is -0.0256. The first-order valence-electron chi connectivity index (χ1n) is 5.45. The van der Waals surface area contributed by atoms with E-state index < -0.39 is 5.97 Å². The number of likely N-dealkylation sites (N-methyl/N-ethyl adjacent to an activating group) is 1. The van der Waals surface area contributed by atoms with Gasteiger partial charge in [-0.3, -0.25) is 0 Å². The smallest absolute Gasteiger partial charge is 0.354 e. The molecule has 1 N–H and O–H groups in total. The Morgan fingerprint density at radius 3 is 3.00 bits per heavy atom. The van der Waals surface area contributed by atoms with Crippen LogP contribution in [-0.4, -0.2) is 52.7 Å². The highest BCUT2D eigenvalue weighted by Gasteiger charge is 2.23. The number of hydrogen-bond acceptors (Lipinski definition) is 5. The molecule has 92 valence electrons. The van der Waals surface area contributed by atoms with Gasteiger partial charge in [-0.25, -0.2) is 14.8 Å². The van der Waals surface area contributed by atoms with Gasteiger partial charge in [0.1, 0.15) is 6.10 Å². The molecular weight excluding hydrogens is 222 g/mol. The summed E-state index contributed by atoms with van der Waals surface area (Å²) < 4.78 is 5.56. The molecule has 0 saturated carbocycles. The molecule has 0 aliphatic carbocycles. The van der Waals surface area contributed by atoms with Gasteiger partial charge in [0.05, 0.1) is 6.61 Å². The molecule has 0 spiro atoms. The van der Waals surface area contributed by atoms with E-state index in [9.17, 15) is 4.79 Å². The Kier molecular flexibility index (Phi) is 3.35. The minimum atomic E-state index is -1.04. The van der Waals surface area contributed by atoms with Gasteiger partial charge < -0.3 is 14.7 Å². The third-order valence-electron chi connectivity index (χ3n) is 2.65. The van der Waals surface area contributed by atoms with Crippen molar-refractivity contribution in [1.82, 2.24) is 14.9 Å². The van der Waals surface area contributed by atoms with Crippen LogP contribution in [0.3, 0.4) is 0 Å². The van der Waals surface area contributed by atoms with Crippen LogP contribution in [0.5, 0.6) is 0 Å². The van der Waals surface area contributed by atoms with Crippen LogP contribution < -0.4 is 0 Å². The predicted molar refractivity (Wildman–Crippen MR) is 59.9 cm³/mol. The summed E-state index contributed by atoms with van der Waals surface area (Å²) in [7, 11) is 1.99. The molecule has 0 radical (unpaired) electrons. The maximum atomic E-state index is 10.9. The molecule has 1 aromatic heterocycles. The molecule has 6 nitrogen and oxygen atoms in total. The monoisotopic (exact) mass is 237 g/mol. The van der Waals surface area contributed by atoms with E-state index in [1.807, 2.05) is 7.05 Å². The molecule has 2 rings (SSSR count). The van der Waals surface area contributed by atoms with E-state index in [0.717, 1.165) is 6.54 Å². The third kappa shape index (κ3) is 2.78. The van der Waals surface area contributed by atoms with Gasteiger partial charge in [-0.2, -0.15) is 0 Å². The van der Waals surface area contributed by atoms with E-state index in [1.165, 1.54) is 6.07 Å². The van der Waals surface area contributed by atoms with Crippen LogP contribution in [0.2, 0.25) is 0 Å². The minimum Gasteiger partial charge on any atom is -0.477 e. The predicted octanol–water partition coefficient (Wildman–Crippen LogP) is 0.486. The summed E-state index contributed by atoms with van der Waals surface area (Å²) in [5.74, 6) is -0.588. The molecule has 1 aliphatic heterocycles. The quantitative estimate of drug-likeness (QED) is 0.806. The number of aromatic carboxylic acids is 1. The van der Waals surface area contributed by atoms with Crippen molar-refractivity contribution in [3.05, 3.63) is 23.3 Å². The van der Waals surface area contributed by atoms with Crippen LogP contribution in [0.25, 0.3) is 0 Å². The van der Waals surface area contributed by atoms with Crippen LogP contribution in [0.4, 0.5) is 0 Å².